The number of anilines is 2. The lowest BCUT2D eigenvalue weighted by Crippen LogP contribution is -2.50. The highest BCUT2D eigenvalue weighted by Gasteiger charge is 2.23. The van der Waals surface area contributed by atoms with E-state index in [1.165, 1.54) is 11.1 Å². The van der Waals surface area contributed by atoms with Crippen LogP contribution in [0.4, 0.5) is 11.5 Å². The summed E-state index contributed by atoms with van der Waals surface area (Å²) in [5.74, 6) is 1.87. The van der Waals surface area contributed by atoms with E-state index in [1.54, 1.807) is 13.4 Å². The van der Waals surface area contributed by atoms with Crippen LogP contribution >= 0.6 is 12.2 Å². The Morgan fingerprint density at radius 3 is 2.58 bits per heavy atom. The van der Waals surface area contributed by atoms with E-state index in [1.807, 2.05) is 0 Å². The molecule has 0 radical (unpaired) electrons. The van der Waals surface area contributed by atoms with E-state index >= 15 is 0 Å². The van der Waals surface area contributed by atoms with Gasteiger partial charge in [0.15, 0.2) is 5.11 Å². The third-order valence-corrected chi connectivity index (χ3v) is 6.68. The first-order valence-corrected chi connectivity index (χ1v) is 11.7. The number of hydrogen-bond donors (Lipinski definition) is 2. The molecule has 2 N–H and O–H groups in total. The molecule has 8 heteroatoms. The number of nitrogens with zero attached hydrogens (tertiary/aromatic N) is 4. The Bertz CT molecular complexity index is 1310. The van der Waals surface area contributed by atoms with Gasteiger partial charge in [-0.05, 0) is 49.3 Å². The molecule has 1 aliphatic heterocycles. The third-order valence-electron chi connectivity index (χ3n) is 6.32. The maximum Gasteiger partial charge on any atom is 0.173 e. The largest absolute Gasteiger partial charge is 0.496 e. The van der Waals surface area contributed by atoms with E-state index in [0.29, 0.717) is 0 Å². The van der Waals surface area contributed by atoms with Crippen LogP contribution in [0.2, 0.25) is 0 Å². The molecule has 2 aromatic carbocycles. The molecule has 4 aromatic rings. The van der Waals surface area contributed by atoms with E-state index < -0.39 is 0 Å². The van der Waals surface area contributed by atoms with Crippen molar-refractivity contribution in [3.63, 3.8) is 0 Å². The Hall–Kier alpha value is -3.39. The Kier molecular flexibility index (Phi) is 5.76. The highest BCUT2D eigenvalue weighted by molar-refractivity contribution is 7.80. The Morgan fingerprint density at radius 1 is 1.12 bits per heavy atom. The van der Waals surface area contributed by atoms with Gasteiger partial charge in [0.25, 0.3) is 0 Å². The molecule has 33 heavy (non-hydrogen) atoms. The van der Waals surface area contributed by atoms with E-state index in [-0.39, 0.29) is 0 Å². The van der Waals surface area contributed by atoms with Crippen LogP contribution in [0.1, 0.15) is 18.1 Å². The van der Waals surface area contributed by atoms with Gasteiger partial charge in [0.2, 0.25) is 0 Å². The maximum absolute atomic E-state index is 5.68. The van der Waals surface area contributed by atoms with Crippen molar-refractivity contribution in [2.45, 2.75) is 20.3 Å². The van der Waals surface area contributed by atoms with Crippen molar-refractivity contribution in [2.75, 3.05) is 43.5 Å². The number of aryl methyl sites for hydroxylation is 2. The Morgan fingerprint density at radius 2 is 1.88 bits per heavy atom. The topological polar surface area (TPSA) is 69.3 Å². The number of rotatable bonds is 4. The van der Waals surface area contributed by atoms with Crippen LogP contribution in [0, 0.1) is 6.92 Å². The fourth-order valence-electron chi connectivity index (χ4n) is 4.45. The third kappa shape index (κ3) is 4.06. The summed E-state index contributed by atoms with van der Waals surface area (Å²) in [6.07, 6.45) is 2.54. The molecule has 1 aliphatic rings. The van der Waals surface area contributed by atoms with Gasteiger partial charge in [-0.25, -0.2) is 9.97 Å². The molecule has 0 aliphatic carbocycles. The number of benzene rings is 2. The summed E-state index contributed by atoms with van der Waals surface area (Å²) >= 11 is 5.68. The van der Waals surface area contributed by atoms with Gasteiger partial charge < -0.3 is 24.8 Å². The molecule has 0 atom stereocenters. The maximum atomic E-state index is 5.68. The summed E-state index contributed by atoms with van der Waals surface area (Å²) in [6, 6.07) is 12.6. The summed E-state index contributed by atoms with van der Waals surface area (Å²) < 4.78 is 5.58. The molecule has 7 nitrogen and oxygen atoms in total. The van der Waals surface area contributed by atoms with Gasteiger partial charge in [-0.2, -0.15) is 0 Å². The average Bonchev–Trinajstić information content (AvgIpc) is 3.22. The fraction of sp³-hybridized carbons (Fsp3) is 0.320. The van der Waals surface area contributed by atoms with Crippen LogP contribution in [0.3, 0.4) is 0 Å². The van der Waals surface area contributed by atoms with Crippen LogP contribution in [-0.2, 0) is 6.42 Å². The molecular formula is C25H28N6OS. The summed E-state index contributed by atoms with van der Waals surface area (Å²) in [6.45, 7) is 7.57. The molecule has 2 aromatic heterocycles. The first-order chi connectivity index (χ1) is 16.1. The number of nitrogens with one attached hydrogen (secondary N) is 2. The predicted molar refractivity (Wildman–Crippen MR) is 139 cm³/mol. The lowest BCUT2D eigenvalue weighted by atomic mass is 10.1. The quantitative estimate of drug-likeness (QED) is 0.434. The van der Waals surface area contributed by atoms with E-state index in [4.69, 9.17) is 21.9 Å². The van der Waals surface area contributed by atoms with Crippen LogP contribution in [-0.4, -0.2) is 58.3 Å². The molecule has 0 unspecified atom stereocenters. The van der Waals surface area contributed by atoms with Crippen molar-refractivity contribution in [3.05, 3.63) is 53.9 Å². The van der Waals surface area contributed by atoms with Gasteiger partial charge >= 0.3 is 0 Å². The first-order valence-electron chi connectivity index (χ1n) is 11.3. The zero-order chi connectivity index (χ0) is 22.9. The molecule has 5 rings (SSSR count). The van der Waals surface area contributed by atoms with Gasteiger partial charge in [-0.15, -0.1) is 0 Å². The molecule has 1 fully saturated rings. The molecule has 0 spiro atoms. The number of piperazine rings is 1. The molecular weight excluding hydrogens is 432 g/mol. The second kappa shape index (κ2) is 8.86. The fourth-order valence-corrected chi connectivity index (χ4v) is 4.75. The number of aromatic amines is 1. The van der Waals surface area contributed by atoms with Crippen molar-refractivity contribution >= 4 is 50.8 Å². The van der Waals surface area contributed by atoms with Crippen LogP contribution in [0.25, 0.3) is 21.9 Å². The van der Waals surface area contributed by atoms with Gasteiger partial charge in [-0.1, -0.05) is 24.6 Å². The van der Waals surface area contributed by atoms with Gasteiger partial charge in [0.1, 0.15) is 23.5 Å². The molecule has 1 saturated heterocycles. The highest BCUT2D eigenvalue weighted by atomic mass is 32.1. The minimum absolute atomic E-state index is 0.762. The van der Waals surface area contributed by atoms with Gasteiger partial charge in [-0.3, -0.25) is 0 Å². The van der Waals surface area contributed by atoms with Crippen molar-refractivity contribution in [3.8, 4) is 5.75 Å². The Labute approximate surface area is 198 Å². The van der Waals surface area contributed by atoms with Crippen LogP contribution in [0.5, 0.6) is 5.75 Å². The van der Waals surface area contributed by atoms with Gasteiger partial charge in [0, 0.05) is 43.3 Å². The van der Waals surface area contributed by atoms with Crippen LogP contribution < -0.4 is 15.0 Å². The molecule has 0 bridgehead atoms. The lowest BCUT2D eigenvalue weighted by Gasteiger charge is -2.37. The van der Waals surface area contributed by atoms with Crippen molar-refractivity contribution in [2.24, 2.45) is 0 Å². The summed E-state index contributed by atoms with van der Waals surface area (Å²) in [4.78, 5) is 17.2. The lowest BCUT2D eigenvalue weighted by molar-refractivity contribution is 0.390. The number of ether oxygens (including phenoxy) is 1. The second-order valence-electron chi connectivity index (χ2n) is 8.38. The standard InChI is InChI=1S/C25H28N6OS/c1-4-17-13-19-20(14-21(17)32-3)29-23-22(19)24(27-15-26-23)30-9-11-31(12-10-30)25(33)28-18-7-5-16(2)6-8-18/h5-8,13-15H,4,9-12H2,1-3H3,(H,28,33)(H,26,27,29). The second-order valence-corrected chi connectivity index (χ2v) is 8.77. The van der Waals surface area contributed by atoms with Crippen molar-refractivity contribution < 1.29 is 4.74 Å². The molecule has 3 heterocycles. The first kappa shape index (κ1) is 21.5. The summed E-state index contributed by atoms with van der Waals surface area (Å²) in [7, 11) is 1.71. The average molecular weight is 461 g/mol. The van der Waals surface area contributed by atoms with E-state index in [2.05, 4.69) is 75.3 Å². The number of hydrogen-bond acceptors (Lipinski definition) is 5. The summed E-state index contributed by atoms with van der Waals surface area (Å²) in [5, 5.41) is 6.33. The summed E-state index contributed by atoms with van der Waals surface area (Å²) in [5.41, 5.74) is 5.30. The van der Waals surface area contributed by atoms with E-state index in [9.17, 15) is 0 Å². The van der Waals surface area contributed by atoms with Crippen molar-refractivity contribution in [1.29, 1.82) is 0 Å². The normalized spacial score (nSPS) is 14.2. The highest BCUT2D eigenvalue weighted by Crippen LogP contribution is 2.35. The molecule has 0 saturated carbocycles. The molecule has 0 amide bonds. The van der Waals surface area contributed by atoms with Crippen LogP contribution in [0.15, 0.2) is 42.7 Å². The molecule has 170 valence electrons. The number of H-pyrrole nitrogens is 1. The number of fused-ring (bicyclic) bond motifs is 3. The van der Waals surface area contributed by atoms with E-state index in [0.717, 1.165) is 76.9 Å². The number of aromatic nitrogens is 3. The monoisotopic (exact) mass is 460 g/mol. The smallest absolute Gasteiger partial charge is 0.173 e. The minimum atomic E-state index is 0.762. The minimum Gasteiger partial charge on any atom is -0.496 e. The van der Waals surface area contributed by atoms with Gasteiger partial charge in [0.05, 0.1) is 18.0 Å². The zero-order valence-corrected chi connectivity index (χ0v) is 20.0. The SMILES string of the molecule is CCc1cc2c(cc1OC)[nH]c1ncnc(N3CCN(C(=S)Nc4ccc(C)cc4)CC3)c12. The zero-order valence-electron chi connectivity index (χ0n) is 19.2. The predicted octanol–water partition coefficient (Wildman–Crippen LogP) is 4.51. The Balaban J connectivity index is 1.38. The number of thiocarbonyl (C=S) groups is 1. The number of methoxy groups -OCH3 is 1. The van der Waals surface area contributed by atoms with Crippen molar-refractivity contribution in [1.82, 2.24) is 19.9 Å².